The molecule has 18 heavy (non-hydrogen) atoms. The van der Waals surface area contributed by atoms with Gasteiger partial charge in [-0.15, -0.1) is 0 Å². The van der Waals surface area contributed by atoms with Crippen molar-refractivity contribution in [1.29, 1.82) is 0 Å². The molecule has 0 aromatic heterocycles. The second-order valence-corrected chi connectivity index (χ2v) is 4.37. The molecule has 0 fully saturated rings. The molecule has 0 aliphatic rings. The first-order valence-electron chi connectivity index (χ1n) is 6.86. The van der Waals surface area contributed by atoms with Crippen LogP contribution in [0.3, 0.4) is 0 Å². The number of amides is 1. The highest BCUT2D eigenvalue weighted by atomic mass is 16.1. The van der Waals surface area contributed by atoms with Crippen molar-refractivity contribution in [3.63, 3.8) is 0 Å². The Morgan fingerprint density at radius 1 is 1.11 bits per heavy atom. The fourth-order valence-corrected chi connectivity index (χ4v) is 1.91. The van der Waals surface area contributed by atoms with Crippen molar-refractivity contribution < 1.29 is 4.79 Å². The fraction of sp³-hybridized carbons (Fsp3) is 0.533. The number of hydrogen-bond acceptors (Lipinski definition) is 2. The normalized spacial score (nSPS) is 10.2. The van der Waals surface area contributed by atoms with E-state index in [4.69, 9.17) is 0 Å². The number of rotatable bonds is 7. The Morgan fingerprint density at radius 3 is 2.22 bits per heavy atom. The van der Waals surface area contributed by atoms with Gasteiger partial charge in [0.05, 0.1) is 0 Å². The lowest BCUT2D eigenvalue weighted by atomic mass is 10.2. The summed E-state index contributed by atoms with van der Waals surface area (Å²) in [5, 5.41) is 2.92. The van der Waals surface area contributed by atoms with Crippen LogP contribution >= 0.6 is 0 Å². The molecule has 3 nitrogen and oxygen atoms in total. The summed E-state index contributed by atoms with van der Waals surface area (Å²) in [5.41, 5.74) is 2.08. The summed E-state index contributed by atoms with van der Waals surface area (Å²) in [6, 6.07) is 8.06. The molecular weight excluding hydrogens is 224 g/mol. The van der Waals surface area contributed by atoms with Crippen LogP contribution in [0.2, 0.25) is 0 Å². The monoisotopic (exact) mass is 248 g/mol. The molecule has 1 amide bonds. The van der Waals surface area contributed by atoms with Crippen LogP contribution in [0.4, 0.5) is 11.4 Å². The lowest BCUT2D eigenvalue weighted by Gasteiger charge is -2.21. The predicted octanol–water partition coefficient (Wildman–Crippen LogP) is 3.66. The van der Waals surface area contributed by atoms with E-state index < -0.39 is 0 Å². The van der Waals surface area contributed by atoms with Gasteiger partial charge < -0.3 is 10.2 Å². The first-order chi connectivity index (χ1) is 8.71. The van der Waals surface area contributed by atoms with Crippen molar-refractivity contribution in [2.45, 2.75) is 40.0 Å². The van der Waals surface area contributed by atoms with E-state index in [0.717, 1.165) is 31.6 Å². The van der Waals surface area contributed by atoms with E-state index in [0.29, 0.717) is 6.42 Å². The highest BCUT2D eigenvalue weighted by molar-refractivity contribution is 5.90. The smallest absolute Gasteiger partial charge is 0.224 e. The Morgan fingerprint density at radius 2 is 1.72 bits per heavy atom. The highest BCUT2D eigenvalue weighted by Crippen LogP contribution is 2.17. The number of carbonyl (C=O) groups is 1. The summed E-state index contributed by atoms with van der Waals surface area (Å²) in [6.07, 6.45) is 2.60. The minimum absolute atomic E-state index is 0.104. The maximum atomic E-state index is 11.6. The van der Waals surface area contributed by atoms with Gasteiger partial charge in [0.1, 0.15) is 0 Å². The Labute approximate surface area is 110 Å². The van der Waals surface area contributed by atoms with Gasteiger partial charge in [-0.3, -0.25) is 4.79 Å². The molecule has 1 rings (SSSR count). The van der Waals surface area contributed by atoms with Gasteiger partial charge in [-0.25, -0.2) is 0 Å². The predicted molar refractivity (Wildman–Crippen MR) is 78.2 cm³/mol. The molecule has 0 aliphatic carbocycles. The van der Waals surface area contributed by atoms with Crippen LogP contribution in [0.5, 0.6) is 0 Å². The third-order valence-electron chi connectivity index (χ3n) is 3.04. The van der Waals surface area contributed by atoms with Gasteiger partial charge >= 0.3 is 0 Å². The van der Waals surface area contributed by atoms with Gasteiger partial charge in [-0.1, -0.05) is 13.3 Å². The maximum Gasteiger partial charge on any atom is 0.224 e. The first-order valence-corrected chi connectivity index (χ1v) is 6.86. The molecule has 0 bridgehead atoms. The van der Waals surface area contributed by atoms with Gasteiger partial charge in [-0.2, -0.15) is 0 Å². The standard InChI is InChI=1S/C15H24N2O/c1-4-7-8-15(18)16-13-9-11-14(12-10-13)17(5-2)6-3/h9-12H,4-8H2,1-3H3,(H,16,18). The fourth-order valence-electron chi connectivity index (χ4n) is 1.91. The molecule has 1 aromatic carbocycles. The molecule has 0 heterocycles. The van der Waals surface area contributed by atoms with Crippen LogP contribution in [0.15, 0.2) is 24.3 Å². The van der Waals surface area contributed by atoms with E-state index in [1.807, 2.05) is 12.1 Å². The number of nitrogens with one attached hydrogen (secondary N) is 1. The van der Waals surface area contributed by atoms with Crippen molar-refractivity contribution in [2.75, 3.05) is 23.3 Å². The van der Waals surface area contributed by atoms with Gasteiger partial charge in [-0.05, 0) is 44.5 Å². The molecule has 0 unspecified atom stereocenters. The lowest BCUT2D eigenvalue weighted by Crippen LogP contribution is -2.21. The van der Waals surface area contributed by atoms with Gasteiger partial charge in [0.15, 0.2) is 0 Å². The number of unbranched alkanes of at least 4 members (excludes halogenated alkanes) is 1. The van der Waals surface area contributed by atoms with Crippen LogP contribution in [0.25, 0.3) is 0 Å². The van der Waals surface area contributed by atoms with E-state index in [1.54, 1.807) is 0 Å². The number of anilines is 2. The van der Waals surface area contributed by atoms with E-state index >= 15 is 0 Å². The first kappa shape index (κ1) is 14.6. The molecule has 100 valence electrons. The zero-order valence-electron chi connectivity index (χ0n) is 11.7. The number of nitrogens with zero attached hydrogens (tertiary/aromatic N) is 1. The van der Waals surface area contributed by atoms with Crippen molar-refractivity contribution in [1.82, 2.24) is 0 Å². The van der Waals surface area contributed by atoms with Crippen LogP contribution < -0.4 is 10.2 Å². The Bertz CT molecular complexity index is 355. The molecule has 0 saturated heterocycles. The van der Waals surface area contributed by atoms with Crippen molar-refractivity contribution in [3.05, 3.63) is 24.3 Å². The van der Waals surface area contributed by atoms with Gasteiger partial charge in [0.2, 0.25) is 5.91 Å². The second kappa shape index (κ2) is 7.75. The largest absolute Gasteiger partial charge is 0.372 e. The minimum atomic E-state index is 0.104. The second-order valence-electron chi connectivity index (χ2n) is 4.37. The minimum Gasteiger partial charge on any atom is -0.372 e. The molecule has 0 radical (unpaired) electrons. The molecule has 1 aromatic rings. The summed E-state index contributed by atoms with van der Waals surface area (Å²) in [6.45, 7) is 8.37. The summed E-state index contributed by atoms with van der Waals surface area (Å²) < 4.78 is 0. The van der Waals surface area contributed by atoms with Crippen molar-refractivity contribution in [2.24, 2.45) is 0 Å². The van der Waals surface area contributed by atoms with E-state index in [2.05, 4.69) is 43.1 Å². The zero-order chi connectivity index (χ0) is 13.4. The summed E-state index contributed by atoms with van der Waals surface area (Å²) >= 11 is 0. The summed E-state index contributed by atoms with van der Waals surface area (Å²) in [5.74, 6) is 0.104. The maximum absolute atomic E-state index is 11.6. The SMILES string of the molecule is CCCCC(=O)Nc1ccc(N(CC)CC)cc1. The summed E-state index contributed by atoms with van der Waals surface area (Å²) in [7, 11) is 0. The Hall–Kier alpha value is -1.51. The van der Waals surface area contributed by atoms with Gasteiger partial charge in [0.25, 0.3) is 0 Å². The topological polar surface area (TPSA) is 32.3 Å². The molecular formula is C15H24N2O. The Balaban J connectivity index is 2.57. The van der Waals surface area contributed by atoms with Crippen molar-refractivity contribution >= 4 is 17.3 Å². The zero-order valence-corrected chi connectivity index (χ0v) is 11.7. The molecule has 0 saturated carbocycles. The Kier molecular flexibility index (Phi) is 6.26. The third-order valence-corrected chi connectivity index (χ3v) is 3.04. The van der Waals surface area contributed by atoms with Crippen LogP contribution in [0.1, 0.15) is 40.0 Å². The van der Waals surface area contributed by atoms with Crippen molar-refractivity contribution in [3.8, 4) is 0 Å². The van der Waals surface area contributed by atoms with Gasteiger partial charge in [0, 0.05) is 30.9 Å². The number of hydrogen-bond donors (Lipinski definition) is 1. The van der Waals surface area contributed by atoms with Crippen LogP contribution in [0, 0.1) is 0 Å². The van der Waals surface area contributed by atoms with E-state index in [1.165, 1.54) is 5.69 Å². The van der Waals surface area contributed by atoms with E-state index in [9.17, 15) is 4.79 Å². The molecule has 0 atom stereocenters. The average Bonchev–Trinajstić information content (AvgIpc) is 2.40. The van der Waals surface area contributed by atoms with Crippen LogP contribution in [-0.4, -0.2) is 19.0 Å². The number of carbonyl (C=O) groups excluding carboxylic acids is 1. The number of benzene rings is 1. The molecule has 0 spiro atoms. The molecule has 3 heteroatoms. The quantitative estimate of drug-likeness (QED) is 0.798. The average molecular weight is 248 g/mol. The molecule has 0 aliphatic heterocycles. The summed E-state index contributed by atoms with van der Waals surface area (Å²) in [4.78, 5) is 13.9. The van der Waals surface area contributed by atoms with Crippen LogP contribution in [-0.2, 0) is 4.79 Å². The van der Waals surface area contributed by atoms with E-state index in [-0.39, 0.29) is 5.91 Å². The lowest BCUT2D eigenvalue weighted by molar-refractivity contribution is -0.116. The third kappa shape index (κ3) is 4.40. The highest BCUT2D eigenvalue weighted by Gasteiger charge is 2.03. The molecule has 1 N–H and O–H groups in total.